The van der Waals surface area contributed by atoms with Gasteiger partial charge in [-0.1, -0.05) is 6.07 Å². The summed E-state index contributed by atoms with van der Waals surface area (Å²) in [5.41, 5.74) is 7.49. The fourth-order valence-electron chi connectivity index (χ4n) is 3.94. The molecule has 1 aromatic carbocycles. The maximum Gasteiger partial charge on any atom is 0.272 e. The zero-order valence-electron chi connectivity index (χ0n) is 13.1. The van der Waals surface area contributed by atoms with E-state index in [0.29, 0.717) is 23.3 Å². The van der Waals surface area contributed by atoms with Crippen LogP contribution in [0.15, 0.2) is 18.2 Å². The van der Waals surface area contributed by atoms with E-state index in [2.05, 4.69) is 5.32 Å². The van der Waals surface area contributed by atoms with Crippen molar-refractivity contribution in [3.8, 4) is 5.75 Å². The standard InChI is InChI=1S/C17H22F2N2O2/c1-9-2-5-12(7-13(9)23-8-14(18)19)21-17(22)15-10-3-4-11(6-10)16(15)20/h2,5,7,10-11,14-16H,3-4,6,8,20H2,1H3,(H,21,22). The molecular weight excluding hydrogens is 302 g/mol. The van der Waals surface area contributed by atoms with Gasteiger partial charge in [0.05, 0.1) is 5.92 Å². The van der Waals surface area contributed by atoms with Crippen molar-refractivity contribution < 1.29 is 18.3 Å². The van der Waals surface area contributed by atoms with Gasteiger partial charge in [-0.2, -0.15) is 0 Å². The van der Waals surface area contributed by atoms with Gasteiger partial charge in [0, 0.05) is 17.8 Å². The molecule has 0 radical (unpaired) electrons. The quantitative estimate of drug-likeness (QED) is 0.875. The van der Waals surface area contributed by atoms with Gasteiger partial charge in [-0.05, 0) is 49.7 Å². The minimum atomic E-state index is -2.53. The van der Waals surface area contributed by atoms with E-state index >= 15 is 0 Å². The summed E-state index contributed by atoms with van der Waals surface area (Å²) in [7, 11) is 0. The Morgan fingerprint density at radius 3 is 2.78 bits per heavy atom. The Bertz CT molecular complexity index is 592. The number of hydrogen-bond donors (Lipinski definition) is 2. The monoisotopic (exact) mass is 324 g/mol. The molecule has 3 rings (SSSR count). The van der Waals surface area contributed by atoms with Crippen LogP contribution in [0, 0.1) is 24.7 Å². The van der Waals surface area contributed by atoms with Crippen LogP contribution >= 0.6 is 0 Å². The number of amides is 1. The molecule has 1 aromatic rings. The first-order valence-electron chi connectivity index (χ1n) is 8.03. The predicted molar refractivity (Wildman–Crippen MR) is 83.6 cm³/mol. The molecular formula is C17H22F2N2O2. The average molecular weight is 324 g/mol. The maximum atomic E-state index is 12.5. The fraction of sp³-hybridized carbons (Fsp3) is 0.588. The second-order valence-electron chi connectivity index (χ2n) is 6.61. The summed E-state index contributed by atoms with van der Waals surface area (Å²) in [6.07, 6.45) is 0.689. The molecule has 0 saturated heterocycles. The van der Waals surface area contributed by atoms with Gasteiger partial charge >= 0.3 is 0 Å². The van der Waals surface area contributed by atoms with E-state index in [1.165, 1.54) is 0 Å². The minimum absolute atomic E-state index is 0.0752. The normalized spacial score (nSPS) is 29.1. The maximum absolute atomic E-state index is 12.5. The molecule has 1 amide bonds. The van der Waals surface area contributed by atoms with E-state index in [1.807, 2.05) is 0 Å². The number of benzene rings is 1. The number of anilines is 1. The SMILES string of the molecule is Cc1ccc(NC(=O)C2C3CCC(C3)C2N)cc1OCC(F)F. The molecule has 2 saturated carbocycles. The molecule has 4 unspecified atom stereocenters. The molecule has 0 heterocycles. The van der Waals surface area contributed by atoms with Gasteiger partial charge in [-0.25, -0.2) is 8.78 Å². The summed E-state index contributed by atoms with van der Waals surface area (Å²) in [4.78, 5) is 12.5. The minimum Gasteiger partial charge on any atom is -0.487 e. The Labute approximate surface area is 134 Å². The van der Waals surface area contributed by atoms with Gasteiger partial charge in [-0.15, -0.1) is 0 Å². The Balaban J connectivity index is 1.68. The molecule has 4 nitrogen and oxygen atoms in total. The van der Waals surface area contributed by atoms with E-state index in [4.69, 9.17) is 10.5 Å². The van der Waals surface area contributed by atoms with Gasteiger partial charge in [0.2, 0.25) is 5.91 Å². The first-order chi connectivity index (χ1) is 11.0. The fourth-order valence-corrected chi connectivity index (χ4v) is 3.94. The molecule has 0 aliphatic heterocycles. The lowest BCUT2D eigenvalue weighted by atomic mass is 9.84. The zero-order valence-corrected chi connectivity index (χ0v) is 13.1. The summed E-state index contributed by atoms with van der Waals surface area (Å²) in [5, 5.41) is 2.87. The van der Waals surface area contributed by atoms with Crippen LogP contribution in [-0.2, 0) is 4.79 Å². The summed E-state index contributed by atoms with van der Waals surface area (Å²) >= 11 is 0. The second kappa shape index (κ2) is 6.43. The molecule has 0 spiro atoms. The molecule has 3 N–H and O–H groups in total. The number of aryl methyl sites for hydroxylation is 1. The summed E-state index contributed by atoms with van der Waals surface area (Å²) in [6.45, 7) is 1.12. The number of carbonyl (C=O) groups is 1. The highest BCUT2D eigenvalue weighted by Gasteiger charge is 2.49. The highest BCUT2D eigenvalue weighted by atomic mass is 19.3. The summed E-state index contributed by atoms with van der Waals surface area (Å²) < 4.78 is 29.7. The third-order valence-corrected chi connectivity index (χ3v) is 5.10. The molecule has 2 aliphatic carbocycles. The lowest BCUT2D eigenvalue weighted by Crippen LogP contribution is -2.42. The number of halogens is 2. The van der Waals surface area contributed by atoms with Gasteiger partial charge in [-0.3, -0.25) is 4.79 Å². The van der Waals surface area contributed by atoms with E-state index in [1.54, 1.807) is 25.1 Å². The van der Waals surface area contributed by atoms with Crippen molar-refractivity contribution in [2.24, 2.45) is 23.5 Å². The number of rotatable bonds is 5. The molecule has 23 heavy (non-hydrogen) atoms. The number of ether oxygens (including phenoxy) is 1. The van der Waals surface area contributed by atoms with Crippen LogP contribution in [0.25, 0.3) is 0 Å². The van der Waals surface area contributed by atoms with Crippen molar-refractivity contribution in [2.45, 2.75) is 38.7 Å². The number of nitrogens with one attached hydrogen (secondary N) is 1. The van der Waals surface area contributed by atoms with Crippen LogP contribution in [0.4, 0.5) is 14.5 Å². The summed E-state index contributed by atoms with van der Waals surface area (Å²) in [6, 6.07) is 5.01. The van der Waals surface area contributed by atoms with Crippen LogP contribution < -0.4 is 15.8 Å². The molecule has 2 aliphatic rings. The van der Waals surface area contributed by atoms with Crippen LogP contribution in [0.3, 0.4) is 0 Å². The predicted octanol–water partition coefficient (Wildman–Crippen LogP) is 2.95. The first kappa shape index (κ1) is 16.2. The number of hydrogen-bond acceptors (Lipinski definition) is 3. The smallest absolute Gasteiger partial charge is 0.272 e. The Kier molecular flexibility index (Phi) is 4.53. The third-order valence-electron chi connectivity index (χ3n) is 5.10. The van der Waals surface area contributed by atoms with Crippen LogP contribution in [0.5, 0.6) is 5.75 Å². The highest BCUT2D eigenvalue weighted by Crippen LogP contribution is 2.47. The van der Waals surface area contributed by atoms with Gasteiger partial charge in [0.1, 0.15) is 12.4 Å². The van der Waals surface area contributed by atoms with Gasteiger partial charge in [0.25, 0.3) is 6.43 Å². The van der Waals surface area contributed by atoms with Crippen molar-refractivity contribution in [1.29, 1.82) is 0 Å². The molecule has 126 valence electrons. The van der Waals surface area contributed by atoms with Crippen LogP contribution in [0.2, 0.25) is 0 Å². The molecule has 2 fully saturated rings. The number of alkyl halides is 2. The molecule has 0 aromatic heterocycles. The van der Waals surface area contributed by atoms with Gasteiger partial charge < -0.3 is 15.8 Å². The first-order valence-corrected chi connectivity index (χ1v) is 8.03. The second-order valence-corrected chi connectivity index (χ2v) is 6.61. The van der Waals surface area contributed by atoms with Crippen molar-refractivity contribution in [3.05, 3.63) is 23.8 Å². The zero-order chi connectivity index (χ0) is 16.6. The number of nitrogens with two attached hydrogens (primary N) is 1. The molecule has 4 atom stereocenters. The van der Waals surface area contributed by atoms with Crippen molar-refractivity contribution in [1.82, 2.24) is 0 Å². The highest BCUT2D eigenvalue weighted by molar-refractivity contribution is 5.93. The topological polar surface area (TPSA) is 64.4 Å². The van der Waals surface area contributed by atoms with E-state index in [-0.39, 0.29) is 17.9 Å². The Morgan fingerprint density at radius 2 is 2.13 bits per heavy atom. The summed E-state index contributed by atoms with van der Waals surface area (Å²) in [5.74, 6) is 0.961. The number of carbonyl (C=O) groups excluding carboxylic acids is 1. The van der Waals surface area contributed by atoms with E-state index < -0.39 is 13.0 Å². The van der Waals surface area contributed by atoms with Crippen LogP contribution in [0.1, 0.15) is 24.8 Å². The lowest BCUT2D eigenvalue weighted by Gasteiger charge is -2.27. The lowest BCUT2D eigenvalue weighted by molar-refractivity contribution is -0.121. The largest absolute Gasteiger partial charge is 0.487 e. The van der Waals surface area contributed by atoms with Crippen molar-refractivity contribution in [2.75, 3.05) is 11.9 Å². The van der Waals surface area contributed by atoms with Crippen molar-refractivity contribution >= 4 is 11.6 Å². The van der Waals surface area contributed by atoms with Gasteiger partial charge in [0.15, 0.2) is 0 Å². The van der Waals surface area contributed by atoms with E-state index in [9.17, 15) is 13.6 Å². The number of fused-ring (bicyclic) bond motifs is 2. The molecule has 2 bridgehead atoms. The average Bonchev–Trinajstić information content (AvgIpc) is 3.08. The third kappa shape index (κ3) is 3.32. The Hall–Kier alpha value is -1.69. The van der Waals surface area contributed by atoms with Crippen LogP contribution in [-0.4, -0.2) is 25.0 Å². The molecule has 6 heteroatoms. The van der Waals surface area contributed by atoms with E-state index in [0.717, 1.165) is 24.8 Å². The van der Waals surface area contributed by atoms with Crippen molar-refractivity contribution in [3.63, 3.8) is 0 Å². The Morgan fingerprint density at radius 1 is 1.39 bits per heavy atom.